The summed E-state index contributed by atoms with van der Waals surface area (Å²) in [5.74, 6) is 0.372. The molecule has 1 saturated heterocycles. The number of carbonyl (C=O) groups is 2. The highest BCUT2D eigenvalue weighted by Gasteiger charge is 2.44. The molecular formula is C14H17N3O4. The fourth-order valence-electron chi connectivity index (χ4n) is 2.58. The Bertz CT molecular complexity index is 627. The molecule has 1 aromatic rings. The third kappa shape index (κ3) is 2.29. The molecule has 21 heavy (non-hydrogen) atoms. The Hall–Kier alpha value is -2.28. The van der Waals surface area contributed by atoms with Gasteiger partial charge in [0.05, 0.1) is 13.2 Å². The van der Waals surface area contributed by atoms with Crippen molar-refractivity contribution in [3.8, 4) is 5.75 Å². The number of nitrogens with zero attached hydrogens (tertiary/aromatic N) is 1. The number of anilines is 1. The van der Waals surface area contributed by atoms with Crippen LogP contribution in [0.2, 0.25) is 0 Å². The monoisotopic (exact) mass is 291 g/mol. The topological polar surface area (TPSA) is 93.9 Å². The van der Waals surface area contributed by atoms with E-state index in [4.69, 9.17) is 15.2 Å². The van der Waals surface area contributed by atoms with Gasteiger partial charge in [0.2, 0.25) is 0 Å². The molecule has 3 amide bonds. The third-order valence-corrected chi connectivity index (χ3v) is 3.58. The summed E-state index contributed by atoms with van der Waals surface area (Å²) in [5, 5.41) is 2.65. The average molecular weight is 291 g/mol. The van der Waals surface area contributed by atoms with E-state index >= 15 is 0 Å². The minimum absolute atomic E-state index is 0.126. The average Bonchev–Trinajstić information content (AvgIpc) is 2.60. The number of nitrogen functional groups attached to an aromatic ring is 1. The minimum atomic E-state index is -0.887. The van der Waals surface area contributed by atoms with Gasteiger partial charge in [0.25, 0.3) is 5.91 Å². The maximum Gasteiger partial charge on any atom is 0.325 e. The van der Waals surface area contributed by atoms with Gasteiger partial charge < -0.3 is 20.5 Å². The van der Waals surface area contributed by atoms with Crippen molar-refractivity contribution in [1.29, 1.82) is 0 Å². The van der Waals surface area contributed by atoms with Crippen molar-refractivity contribution in [3.63, 3.8) is 0 Å². The van der Waals surface area contributed by atoms with Crippen LogP contribution < -0.4 is 15.8 Å². The summed E-state index contributed by atoms with van der Waals surface area (Å²) in [6, 6.07) is 3.08. The van der Waals surface area contributed by atoms with E-state index in [2.05, 4.69) is 5.32 Å². The van der Waals surface area contributed by atoms with Gasteiger partial charge in [-0.1, -0.05) is 0 Å². The molecule has 3 N–H and O–H groups in total. The van der Waals surface area contributed by atoms with Crippen LogP contribution >= 0.6 is 0 Å². The SMILES string of the molecule is CC1(C)NC(=O)N(Cc2cc(N)cc3c2OCOC3)C1=O. The van der Waals surface area contributed by atoms with Crippen LogP contribution in [0.15, 0.2) is 12.1 Å². The van der Waals surface area contributed by atoms with Gasteiger partial charge in [0.1, 0.15) is 11.3 Å². The number of benzene rings is 1. The molecule has 7 heteroatoms. The summed E-state index contributed by atoms with van der Waals surface area (Å²) in [6.45, 7) is 4.02. The van der Waals surface area contributed by atoms with Crippen molar-refractivity contribution in [2.24, 2.45) is 0 Å². The molecule has 0 aromatic heterocycles. The third-order valence-electron chi connectivity index (χ3n) is 3.58. The van der Waals surface area contributed by atoms with Crippen molar-refractivity contribution in [1.82, 2.24) is 10.2 Å². The van der Waals surface area contributed by atoms with Gasteiger partial charge in [-0.2, -0.15) is 0 Å². The van der Waals surface area contributed by atoms with Crippen molar-refractivity contribution >= 4 is 17.6 Å². The van der Waals surface area contributed by atoms with E-state index < -0.39 is 11.6 Å². The summed E-state index contributed by atoms with van der Waals surface area (Å²) in [5.41, 5.74) is 7.05. The Labute approximate surface area is 122 Å². The second-order valence-electron chi connectivity index (χ2n) is 5.73. The van der Waals surface area contributed by atoms with Crippen molar-refractivity contribution in [2.75, 3.05) is 12.5 Å². The number of amides is 3. The van der Waals surface area contributed by atoms with Crippen LogP contribution in [0.1, 0.15) is 25.0 Å². The number of hydrogen-bond donors (Lipinski definition) is 2. The van der Waals surface area contributed by atoms with E-state index in [0.717, 1.165) is 5.56 Å². The number of hydrogen-bond acceptors (Lipinski definition) is 5. The normalized spacial score (nSPS) is 20.0. The maximum absolute atomic E-state index is 12.2. The van der Waals surface area contributed by atoms with Gasteiger partial charge in [0, 0.05) is 16.8 Å². The number of imide groups is 1. The van der Waals surface area contributed by atoms with Crippen LogP contribution in [0.3, 0.4) is 0 Å². The fraction of sp³-hybridized carbons (Fsp3) is 0.429. The van der Waals surface area contributed by atoms with Crippen molar-refractivity contribution < 1.29 is 19.1 Å². The van der Waals surface area contributed by atoms with Gasteiger partial charge in [-0.15, -0.1) is 0 Å². The van der Waals surface area contributed by atoms with Crippen molar-refractivity contribution in [2.45, 2.75) is 32.5 Å². The smallest absolute Gasteiger partial charge is 0.325 e. The molecule has 0 atom stereocenters. The Kier molecular flexibility index (Phi) is 3.02. The van der Waals surface area contributed by atoms with Crippen LogP contribution in [0, 0.1) is 0 Å². The quantitative estimate of drug-likeness (QED) is 0.625. The number of nitrogens with two attached hydrogens (primary N) is 1. The predicted octanol–water partition coefficient (Wildman–Crippen LogP) is 0.966. The number of carbonyl (C=O) groups excluding carboxylic acids is 2. The molecule has 0 spiro atoms. The Morgan fingerprint density at radius 2 is 2.14 bits per heavy atom. The molecular weight excluding hydrogens is 274 g/mol. The molecule has 2 aliphatic heterocycles. The van der Waals surface area contributed by atoms with E-state index in [1.54, 1.807) is 26.0 Å². The number of urea groups is 1. The lowest BCUT2D eigenvalue weighted by molar-refractivity contribution is -0.130. The molecule has 3 rings (SSSR count). The molecule has 2 heterocycles. The van der Waals surface area contributed by atoms with E-state index in [-0.39, 0.29) is 19.2 Å². The van der Waals surface area contributed by atoms with E-state index in [1.807, 2.05) is 0 Å². The van der Waals surface area contributed by atoms with E-state index in [9.17, 15) is 9.59 Å². The van der Waals surface area contributed by atoms with Crippen LogP contribution in [-0.2, 0) is 22.7 Å². The van der Waals surface area contributed by atoms with Crippen LogP contribution in [-0.4, -0.2) is 29.2 Å². The lowest BCUT2D eigenvalue weighted by Crippen LogP contribution is -2.40. The van der Waals surface area contributed by atoms with Crippen LogP contribution in [0.5, 0.6) is 5.75 Å². The highest BCUT2D eigenvalue weighted by Crippen LogP contribution is 2.32. The second-order valence-corrected chi connectivity index (χ2v) is 5.73. The molecule has 112 valence electrons. The molecule has 0 unspecified atom stereocenters. The minimum Gasteiger partial charge on any atom is -0.467 e. The number of ether oxygens (including phenoxy) is 2. The van der Waals surface area contributed by atoms with Gasteiger partial charge >= 0.3 is 6.03 Å². The zero-order chi connectivity index (χ0) is 15.2. The highest BCUT2D eigenvalue weighted by molar-refractivity contribution is 6.06. The molecule has 1 fully saturated rings. The Morgan fingerprint density at radius 1 is 1.38 bits per heavy atom. The summed E-state index contributed by atoms with van der Waals surface area (Å²) in [4.78, 5) is 25.4. The van der Waals surface area contributed by atoms with Crippen LogP contribution in [0.25, 0.3) is 0 Å². The predicted molar refractivity (Wildman–Crippen MR) is 74.3 cm³/mol. The summed E-state index contributed by atoms with van der Waals surface area (Å²) < 4.78 is 10.7. The fourth-order valence-corrected chi connectivity index (χ4v) is 2.58. The molecule has 2 aliphatic rings. The lowest BCUT2D eigenvalue weighted by atomic mass is 10.0. The first-order valence-corrected chi connectivity index (χ1v) is 6.64. The number of fused-ring (bicyclic) bond motifs is 1. The second kappa shape index (κ2) is 4.63. The van der Waals surface area contributed by atoms with Gasteiger partial charge in [0.15, 0.2) is 6.79 Å². The summed E-state index contributed by atoms with van der Waals surface area (Å²) in [6.07, 6.45) is 0. The number of rotatable bonds is 2. The van der Waals surface area contributed by atoms with E-state index in [0.29, 0.717) is 23.6 Å². The summed E-state index contributed by atoms with van der Waals surface area (Å²) in [7, 11) is 0. The van der Waals surface area contributed by atoms with Gasteiger partial charge in [-0.25, -0.2) is 4.79 Å². The van der Waals surface area contributed by atoms with E-state index in [1.165, 1.54) is 4.90 Å². The van der Waals surface area contributed by atoms with Crippen molar-refractivity contribution in [3.05, 3.63) is 23.3 Å². The molecule has 1 aromatic carbocycles. The molecule has 0 saturated carbocycles. The molecule has 0 aliphatic carbocycles. The Morgan fingerprint density at radius 3 is 2.81 bits per heavy atom. The first-order chi connectivity index (χ1) is 9.88. The lowest BCUT2D eigenvalue weighted by Gasteiger charge is -2.23. The first kappa shape index (κ1) is 13.7. The number of nitrogens with one attached hydrogen (secondary N) is 1. The molecule has 0 bridgehead atoms. The zero-order valence-electron chi connectivity index (χ0n) is 11.9. The standard InChI is InChI=1S/C14H17N3O4/c1-14(2)12(18)17(13(19)16-14)5-8-3-10(15)4-9-6-20-7-21-11(8)9/h3-4H,5-7,15H2,1-2H3,(H,16,19). The van der Waals surface area contributed by atoms with Gasteiger partial charge in [-0.3, -0.25) is 9.69 Å². The largest absolute Gasteiger partial charge is 0.467 e. The molecule has 7 nitrogen and oxygen atoms in total. The van der Waals surface area contributed by atoms with Gasteiger partial charge in [-0.05, 0) is 26.0 Å². The first-order valence-electron chi connectivity index (χ1n) is 6.64. The Balaban J connectivity index is 1.94. The van der Waals surface area contributed by atoms with Crippen LogP contribution in [0.4, 0.5) is 10.5 Å². The summed E-state index contributed by atoms with van der Waals surface area (Å²) >= 11 is 0. The zero-order valence-corrected chi connectivity index (χ0v) is 11.9. The maximum atomic E-state index is 12.2. The highest BCUT2D eigenvalue weighted by atomic mass is 16.7. The molecule has 0 radical (unpaired) electrons.